The van der Waals surface area contributed by atoms with Gasteiger partial charge in [0.2, 0.25) is 0 Å². The summed E-state index contributed by atoms with van der Waals surface area (Å²) in [5, 5.41) is 3.56. The van der Waals surface area contributed by atoms with E-state index >= 15 is 0 Å². The van der Waals surface area contributed by atoms with E-state index in [9.17, 15) is 4.39 Å². The van der Waals surface area contributed by atoms with E-state index in [0.717, 1.165) is 18.5 Å². The number of hydrogen-bond acceptors (Lipinski definition) is 1. The van der Waals surface area contributed by atoms with E-state index < -0.39 is 0 Å². The molecule has 0 fully saturated rings. The molecule has 1 nitrogen and oxygen atoms in total. The van der Waals surface area contributed by atoms with Gasteiger partial charge in [-0.3, -0.25) is 0 Å². The first-order valence-electron chi connectivity index (χ1n) is 6.55. The van der Waals surface area contributed by atoms with Crippen molar-refractivity contribution >= 4 is 0 Å². The Morgan fingerprint density at radius 1 is 1.24 bits per heavy atom. The van der Waals surface area contributed by atoms with Gasteiger partial charge in [0, 0.05) is 6.04 Å². The summed E-state index contributed by atoms with van der Waals surface area (Å²) < 4.78 is 13.2. The van der Waals surface area contributed by atoms with Crippen molar-refractivity contribution in [1.82, 2.24) is 5.32 Å². The lowest BCUT2D eigenvalue weighted by atomic mass is 9.86. The summed E-state index contributed by atoms with van der Waals surface area (Å²) >= 11 is 0. The zero-order valence-electron chi connectivity index (χ0n) is 11.3. The molecule has 17 heavy (non-hydrogen) atoms. The molecule has 1 N–H and O–H groups in total. The first kappa shape index (κ1) is 14.2. The Labute approximate surface area is 104 Å². The van der Waals surface area contributed by atoms with Gasteiger partial charge in [0.1, 0.15) is 5.82 Å². The van der Waals surface area contributed by atoms with E-state index in [1.165, 1.54) is 6.07 Å². The molecule has 1 aromatic carbocycles. The van der Waals surface area contributed by atoms with Crippen LogP contribution in [-0.4, -0.2) is 12.6 Å². The summed E-state index contributed by atoms with van der Waals surface area (Å²) in [6.45, 7) is 9.77. The molecule has 1 aromatic rings. The normalized spacial score (nSPS) is 14.9. The predicted octanol–water partition coefficient (Wildman–Crippen LogP) is 3.95. The lowest BCUT2D eigenvalue weighted by Crippen LogP contribution is -2.38. The van der Waals surface area contributed by atoms with Gasteiger partial charge in [-0.25, -0.2) is 4.39 Å². The van der Waals surface area contributed by atoms with Crippen molar-refractivity contribution in [2.45, 2.75) is 46.1 Å². The van der Waals surface area contributed by atoms with Crippen LogP contribution in [0.25, 0.3) is 0 Å². The Morgan fingerprint density at radius 2 is 1.94 bits per heavy atom. The number of halogens is 1. The summed E-state index contributed by atoms with van der Waals surface area (Å²) in [5.41, 5.74) is 1.08. The molecule has 0 aliphatic rings. The number of rotatable bonds is 6. The van der Waals surface area contributed by atoms with E-state index in [1.807, 2.05) is 6.07 Å². The van der Waals surface area contributed by atoms with Crippen molar-refractivity contribution in [3.63, 3.8) is 0 Å². The van der Waals surface area contributed by atoms with Gasteiger partial charge < -0.3 is 5.32 Å². The highest BCUT2D eigenvalue weighted by Gasteiger charge is 2.21. The number of benzene rings is 1. The second-order valence-electron chi connectivity index (χ2n) is 5.07. The third kappa shape index (κ3) is 4.12. The molecule has 0 saturated heterocycles. The molecule has 0 bridgehead atoms. The monoisotopic (exact) mass is 237 g/mol. The van der Waals surface area contributed by atoms with E-state index in [4.69, 9.17) is 0 Å². The third-order valence-electron chi connectivity index (χ3n) is 3.26. The van der Waals surface area contributed by atoms with Crippen LogP contribution in [-0.2, 0) is 0 Å². The van der Waals surface area contributed by atoms with Crippen LogP contribution in [0.5, 0.6) is 0 Å². The summed E-state index contributed by atoms with van der Waals surface area (Å²) in [5.74, 6) is 0.726. The molecular formula is C15H24FN. The minimum atomic E-state index is -0.146. The average Bonchev–Trinajstić information content (AvgIpc) is 2.29. The van der Waals surface area contributed by atoms with Crippen LogP contribution in [0, 0.1) is 11.7 Å². The van der Waals surface area contributed by atoms with E-state index in [2.05, 4.69) is 33.0 Å². The maximum absolute atomic E-state index is 13.2. The van der Waals surface area contributed by atoms with Gasteiger partial charge in [-0.1, -0.05) is 39.8 Å². The second-order valence-corrected chi connectivity index (χ2v) is 5.07. The molecule has 0 radical (unpaired) electrons. The van der Waals surface area contributed by atoms with E-state index in [-0.39, 0.29) is 5.82 Å². The average molecular weight is 237 g/mol. The van der Waals surface area contributed by atoms with Crippen LogP contribution >= 0.6 is 0 Å². The van der Waals surface area contributed by atoms with E-state index in [1.54, 1.807) is 12.1 Å². The fourth-order valence-corrected chi connectivity index (χ4v) is 2.30. The highest BCUT2D eigenvalue weighted by atomic mass is 19.1. The van der Waals surface area contributed by atoms with Gasteiger partial charge in [-0.15, -0.1) is 0 Å². The maximum Gasteiger partial charge on any atom is 0.123 e. The Kier molecular flexibility index (Phi) is 5.63. The molecule has 0 aliphatic carbocycles. The molecule has 2 atom stereocenters. The Bertz CT molecular complexity index is 335. The molecule has 0 saturated carbocycles. The van der Waals surface area contributed by atoms with Crippen molar-refractivity contribution in [3.8, 4) is 0 Å². The second kappa shape index (κ2) is 6.75. The predicted molar refractivity (Wildman–Crippen MR) is 71.7 cm³/mol. The summed E-state index contributed by atoms with van der Waals surface area (Å²) in [6.07, 6.45) is 1.12. The minimum Gasteiger partial charge on any atom is -0.313 e. The van der Waals surface area contributed by atoms with Gasteiger partial charge in [-0.05, 0) is 42.5 Å². The molecule has 96 valence electrons. The summed E-state index contributed by atoms with van der Waals surface area (Å²) in [6, 6.07) is 7.35. The van der Waals surface area contributed by atoms with Gasteiger partial charge in [0.05, 0.1) is 0 Å². The smallest absolute Gasteiger partial charge is 0.123 e. The fraction of sp³-hybridized carbons (Fsp3) is 0.600. The quantitative estimate of drug-likeness (QED) is 0.790. The molecule has 1 rings (SSSR count). The molecule has 0 aromatic heterocycles. The maximum atomic E-state index is 13.2. The molecule has 2 heteroatoms. The van der Waals surface area contributed by atoms with Gasteiger partial charge in [0.25, 0.3) is 0 Å². The summed E-state index contributed by atoms with van der Waals surface area (Å²) in [4.78, 5) is 0. The van der Waals surface area contributed by atoms with Crippen LogP contribution in [0.3, 0.4) is 0 Å². The van der Waals surface area contributed by atoms with Crippen LogP contribution in [0.1, 0.15) is 45.6 Å². The van der Waals surface area contributed by atoms with Crippen molar-refractivity contribution in [2.75, 3.05) is 6.54 Å². The summed E-state index contributed by atoms with van der Waals surface area (Å²) in [7, 11) is 0. The SMILES string of the molecule is CCCNC(C(C)C)C(C)c1cccc(F)c1. The highest BCUT2D eigenvalue weighted by Crippen LogP contribution is 2.24. The van der Waals surface area contributed by atoms with Crippen molar-refractivity contribution in [1.29, 1.82) is 0 Å². The standard InChI is InChI=1S/C15H24FN/c1-5-9-17-15(11(2)3)12(4)13-7-6-8-14(16)10-13/h6-8,10-12,15,17H,5,9H2,1-4H3. The molecule has 0 aliphatic heterocycles. The first-order valence-corrected chi connectivity index (χ1v) is 6.55. The molecular weight excluding hydrogens is 213 g/mol. The Balaban J connectivity index is 2.79. The Morgan fingerprint density at radius 3 is 2.47 bits per heavy atom. The fourth-order valence-electron chi connectivity index (χ4n) is 2.30. The third-order valence-corrected chi connectivity index (χ3v) is 3.26. The van der Waals surface area contributed by atoms with E-state index in [0.29, 0.717) is 17.9 Å². The zero-order valence-corrected chi connectivity index (χ0v) is 11.3. The number of hydrogen-bond donors (Lipinski definition) is 1. The lowest BCUT2D eigenvalue weighted by Gasteiger charge is -2.29. The molecule has 0 spiro atoms. The first-order chi connectivity index (χ1) is 8.06. The largest absolute Gasteiger partial charge is 0.313 e. The van der Waals surface area contributed by atoms with Gasteiger partial charge in [0.15, 0.2) is 0 Å². The van der Waals surface area contributed by atoms with Crippen LogP contribution in [0.2, 0.25) is 0 Å². The van der Waals surface area contributed by atoms with Crippen LogP contribution in [0.15, 0.2) is 24.3 Å². The molecule has 2 unspecified atom stereocenters. The van der Waals surface area contributed by atoms with Gasteiger partial charge >= 0.3 is 0 Å². The number of nitrogens with one attached hydrogen (secondary N) is 1. The zero-order chi connectivity index (χ0) is 12.8. The Hall–Kier alpha value is -0.890. The van der Waals surface area contributed by atoms with Crippen LogP contribution in [0.4, 0.5) is 4.39 Å². The van der Waals surface area contributed by atoms with Crippen LogP contribution < -0.4 is 5.32 Å². The van der Waals surface area contributed by atoms with Crippen molar-refractivity contribution in [2.24, 2.45) is 5.92 Å². The van der Waals surface area contributed by atoms with Gasteiger partial charge in [-0.2, -0.15) is 0 Å². The van der Waals surface area contributed by atoms with Crippen molar-refractivity contribution < 1.29 is 4.39 Å². The van der Waals surface area contributed by atoms with Crippen molar-refractivity contribution in [3.05, 3.63) is 35.6 Å². The minimum absolute atomic E-state index is 0.146. The molecule has 0 amide bonds. The topological polar surface area (TPSA) is 12.0 Å². The molecule has 0 heterocycles. The lowest BCUT2D eigenvalue weighted by molar-refractivity contribution is 0.353. The highest BCUT2D eigenvalue weighted by molar-refractivity contribution is 5.21.